The van der Waals surface area contributed by atoms with Gasteiger partial charge in [0.1, 0.15) is 11.6 Å². The van der Waals surface area contributed by atoms with Crippen molar-refractivity contribution in [3.8, 4) is 0 Å². The first-order valence-electron chi connectivity index (χ1n) is 7.93. The molecule has 2 aromatic rings. The molecule has 0 bridgehead atoms. The Morgan fingerprint density at radius 2 is 2.22 bits per heavy atom. The van der Waals surface area contributed by atoms with E-state index in [0.29, 0.717) is 11.7 Å². The van der Waals surface area contributed by atoms with Crippen LogP contribution in [-0.2, 0) is 4.79 Å². The maximum absolute atomic E-state index is 11.1. The molecule has 7 nitrogen and oxygen atoms in total. The minimum Gasteiger partial charge on any atom is -0.354 e. The molecular formula is C16H22N6O. The van der Waals surface area contributed by atoms with E-state index in [0.717, 1.165) is 31.2 Å². The number of carbonyl (C=O) groups is 1. The molecule has 1 N–H and O–H groups in total. The van der Waals surface area contributed by atoms with E-state index >= 15 is 0 Å². The summed E-state index contributed by atoms with van der Waals surface area (Å²) in [6, 6.07) is 4.07. The summed E-state index contributed by atoms with van der Waals surface area (Å²) >= 11 is 0. The molecule has 0 aromatic carbocycles. The number of hydrogen-bond acceptors (Lipinski definition) is 5. The van der Waals surface area contributed by atoms with Gasteiger partial charge >= 0.3 is 0 Å². The zero-order valence-corrected chi connectivity index (χ0v) is 13.7. The molecule has 7 heteroatoms. The third-order valence-electron chi connectivity index (χ3n) is 3.95. The number of rotatable bonds is 4. The van der Waals surface area contributed by atoms with Gasteiger partial charge in [-0.15, -0.1) is 0 Å². The average Bonchev–Trinajstić information content (AvgIpc) is 3.15. The third-order valence-corrected chi connectivity index (χ3v) is 3.95. The number of anilines is 2. The lowest BCUT2D eigenvalue weighted by atomic mass is 10.2. The molecule has 1 saturated heterocycles. The van der Waals surface area contributed by atoms with E-state index in [1.807, 2.05) is 29.2 Å². The summed E-state index contributed by atoms with van der Waals surface area (Å²) in [6.07, 6.45) is 4.74. The first-order chi connectivity index (χ1) is 11.0. The summed E-state index contributed by atoms with van der Waals surface area (Å²) in [5.74, 6) is 2.66. The molecule has 0 unspecified atom stereocenters. The minimum atomic E-state index is -0.106. The predicted molar refractivity (Wildman–Crippen MR) is 88.5 cm³/mol. The van der Waals surface area contributed by atoms with Crippen LogP contribution in [0.4, 0.5) is 11.6 Å². The van der Waals surface area contributed by atoms with Gasteiger partial charge in [0.05, 0.1) is 6.04 Å². The Kier molecular flexibility index (Phi) is 4.27. The number of carbonyl (C=O) groups excluding carboxylic acids is 1. The van der Waals surface area contributed by atoms with Crippen LogP contribution >= 0.6 is 0 Å². The maximum Gasteiger partial charge on any atom is 0.222 e. The van der Waals surface area contributed by atoms with Crippen LogP contribution in [0.15, 0.2) is 24.5 Å². The molecule has 1 aliphatic rings. The lowest BCUT2D eigenvalue weighted by molar-refractivity contribution is -0.114. The van der Waals surface area contributed by atoms with Gasteiger partial charge in [-0.25, -0.2) is 9.97 Å². The molecule has 1 atom stereocenters. The van der Waals surface area contributed by atoms with Crippen LogP contribution in [0.2, 0.25) is 0 Å². The van der Waals surface area contributed by atoms with Gasteiger partial charge in [0.15, 0.2) is 5.82 Å². The van der Waals surface area contributed by atoms with E-state index < -0.39 is 0 Å². The highest BCUT2D eigenvalue weighted by Gasteiger charge is 2.26. The maximum atomic E-state index is 11.1. The first-order valence-corrected chi connectivity index (χ1v) is 7.93. The number of nitrogens with one attached hydrogen (secondary N) is 1. The largest absolute Gasteiger partial charge is 0.354 e. The molecule has 0 spiro atoms. The van der Waals surface area contributed by atoms with Crippen molar-refractivity contribution in [3.63, 3.8) is 0 Å². The van der Waals surface area contributed by atoms with E-state index in [9.17, 15) is 4.79 Å². The van der Waals surface area contributed by atoms with Crippen molar-refractivity contribution in [1.29, 1.82) is 0 Å². The quantitative estimate of drug-likeness (QED) is 0.936. The highest BCUT2D eigenvalue weighted by Crippen LogP contribution is 2.26. The second-order valence-corrected chi connectivity index (χ2v) is 6.18. The Bertz CT molecular complexity index is 695. The lowest BCUT2D eigenvalue weighted by Gasteiger charge is -2.18. The molecule has 0 aliphatic carbocycles. The second-order valence-electron chi connectivity index (χ2n) is 6.18. The van der Waals surface area contributed by atoms with Crippen molar-refractivity contribution >= 4 is 17.5 Å². The predicted octanol–water partition coefficient (Wildman–Crippen LogP) is 2.21. The van der Waals surface area contributed by atoms with Gasteiger partial charge in [0, 0.05) is 44.4 Å². The summed E-state index contributed by atoms with van der Waals surface area (Å²) in [4.78, 5) is 22.3. The number of nitrogens with zero attached hydrogens (tertiary/aromatic N) is 5. The molecule has 122 valence electrons. The normalized spacial score (nSPS) is 17.7. The van der Waals surface area contributed by atoms with Crippen LogP contribution in [0, 0.1) is 0 Å². The van der Waals surface area contributed by atoms with Gasteiger partial charge in [-0.3, -0.25) is 9.48 Å². The van der Waals surface area contributed by atoms with E-state index in [4.69, 9.17) is 0 Å². The van der Waals surface area contributed by atoms with Crippen LogP contribution in [-0.4, -0.2) is 38.7 Å². The van der Waals surface area contributed by atoms with Crippen LogP contribution in [0.5, 0.6) is 0 Å². The van der Waals surface area contributed by atoms with E-state index in [1.165, 1.54) is 6.92 Å². The highest BCUT2D eigenvalue weighted by atomic mass is 16.1. The van der Waals surface area contributed by atoms with Crippen LogP contribution in [0.3, 0.4) is 0 Å². The van der Waals surface area contributed by atoms with Crippen LogP contribution in [0.1, 0.15) is 45.0 Å². The zero-order chi connectivity index (χ0) is 16.4. The lowest BCUT2D eigenvalue weighted by Crippen LogP contribution is -2.22. The monoisotopic (exact) mass is 314 g/mol. The van der Waals surface area contributed by atoms with E-state index in [2.05, 4.69) is 39.1 Å². The van der Waals surface area contributed by atoms with Gasteiger partial charge in [-0.05, 0) is 12.5 Å². The van der Waals surface area contributed by atoms with Gasteiger partial charge < -0.3 is 10.2 Å². The van der Waals surface area contributed by atoms with Crippen LogP contribution in [0.25, 0.3) is 0 Å². The molecule has 3 rings (SSSR count). The van der Waals surface area contributed by atoms with Crippen molar-refractivity contribution in [3.05, 3.63) is 30.4 Å². The van der Waals surface area contributed by atoms with Crippen LogP contribution < -0.4 is 10.2 Å². The summed E-state index contributed by atoms with van der Waals surface area (Å²) < 4.78 is 1.93. The zero-order valence-electron chi connectivity index (χ0n) is 13.7. The Morgan fingerprint density at radius 3 is 2.96 bits per heavy atom. The van der Waals surface area contributed by atoms with Crippen molar-refractivity contribution in [1.82, 2.24) is 19.7 Å². The molecule has 2 aromatic heterocycles. The van der Waals surface area contributed by atoms with Crippen molar-refractivity contribution in [2.75, 3.05) is 23.3 Å². The van der Waals surface area contributed by atoms with E-state index in [-0.39, 0.29) is 11.9 Å². The number of aromatic nitrogens is 4. The highest BCUT2D eigenvalue weighted by molar-refractivity contribution is 5.87. The topological polar surface area (TPSA) is 75.9 Å². The van der Waals surface area contributed by atoms with Gasteiger partial charge in [-0.2, -0.15) is 5.10 Å². The SMILES string of the molecule is CC(=O)Nc1ccn([C@H]2CCN(c3ccnc(C(C)C)n3)C2)n1. The number of hydrogen-bond donors (Lipinski definition) is 1. The Balaban J connectivity index is 1.69. The summed E-state index contributed by atoms with van der Waals surface area (Å²) in [5, 5.41) is 7.14. The Labute approximate surface area is 135 Å². The minimum absolute atomic E-state index is 0.106. The summed E-state index contributed by atoms with van der Waals surface area (Å²) in [6.45, 7) is 7.47. The van der Waals surface area contributed by atoms with Gasteiger partial charge in [0.25, 0.3) is 0 Å². The van der Waals surface area contributed by atoms with Crippen molar-refractivity contribution < 1.29 is 4.79 Å². The molecule has 1 amide bonds. The molecule has 1 fully saturated rings. The van der Waals surface area contributed by atoms with Crippen molar-refractivity contribution in [2.24, 2.45) is 0 Å². The molecule has 0 radical (unpaired) electrons. The fourth-order valence-electron chi connectivity index (χ4n) is 2.77. The summed E-state index contributed by atoms with van der Waals surface area (Å²) in [7, 11) is 0. The molecule has 0 saturated carbocycles. The molecule has 3 heterocycles. The van der Waals surface area contributed by atoms with E-state index in [1.54, 1.807) is 0 Å². The fourth-order valence-corrected chi connectivity index (χ4v) is 2.77. The van der Waals surface area contributed by atoms with Gasteiger partial charge in [-0.1, -0.05) is 13.8 Å². The van der Waals surface area contributed by atoms with Gasteiger partial charge in [0.2, 0.25) is 5.91 Å². The average molecular weight is 314 g/mol. The summed E-state index contributed by atoms with van der Waals surface area (Å²) in [5.41, 5.74) is 0. The molecular weight excluding hydrogens is 292 g/mol. The smallest absolute Gasteiger partial charge is 0.222 e. The first kappa shape index (κ1) is 15.5. The van der Waals surface area contributed by atoms with Crippen molar-refractivity contribution in [2.45, 2.75) is 39.2 Å². The third kappa shape index (κ3) is 3.49. The Hall–Kier alpha value is -2.44. The molecule has 1 aliphatic heterocycles. The second kappa shape index (κ2) is 6.36. The number of amides is 1. The Morgan fingerprint density at radius 1 is 1.39 bits per heavy atom. The molecule has 23 heavy (non-hydrogen) atoms. The fraction of sp³-hybridized carbons (Fsp3) is 0.500. The standard InChI is InChI=1S/C16H22N6O/c1-11(2)16-17-7-4-15(19-16)21-8-5-13(10-21)22-9-6-14(20-22)18-12(3)23/h4,6-7,9,11,13H,5,8,10H2,1-3H3,(H,18,20,23)/t13-/m0/s1.